The highest BCUT2D eigenvalue weighted by Gasteiger charge is 2.11. The maximum absolute atomic E-state index is 4.31. The molecule has 1 aliphatic carbocycles. The van der Waals surface area contributed by atoms with Gasteiger partial charge in [-0.15, -0.1) is 0 Å². The lowest BCUT2D eigenvalue weighted by atomic mass is 10.1. The summed E-state index contributed by atoms with van der Waals surface area (Å²) in [6, 6.07) is 6.94. The number of aromatic amines is 1. The molecule has 0 aliphatic heterocycles. The first-order valence-corrected chi connectivity index (χ1v) is 7.95. The van der Waals surface area contributed by atoms with Gasteiger partial charge in [0.15, 0.2) is 5.96 Å². The largest absolute Gasteiger partial charge is 0.361 e. The van der Waals surface area contributed by atoms with Gasteiger partial charge in [0.2, 0.25) is 0 Å². The van der Waals surface area contributed by atoms with Gasteiger partial charge in [-0.25, -0.2) is 0 Å². The second-order valence-electron chi connectivity index (χ2n) is 5.84. The van der Waals surface area contributed by atoms with Crippen LogP contribution < -0.4 is 10.6 Å². The molecule has 0 unspecified atom stereocenters. The molecule has 3 rings (SSSR count). The van der Waals surface area contributed by atoms with Gasteiger partial charge in [0.25, 0.3) is 0 Å². The van der Waals surface area contributed by atoms with Crippen LogP contribution in [0, 0.1) is 6.92 Å². The number of para-hydroxylation sites is 1. The van der Waals surface area contributed by atoms with Crippen LogP contribution in [0.15, 0.2) is 41.5 Å². The molecule has 0 bridgehead atoms. The van der Waals surface area contributed by atoms with Crippen LogP contribution in [-0.4, -0.2) is 30.6 Å². The van der Waals surface area contributed by atoms with Crippen molar-refractivity contribution in [1.82, 2.24) is 15.6 Å². The maximum Gasteiger partial charge on any atom is 0.191 e. The maximum atomic E-state index is 4.31. The number of nitrogens with zero attached hydrogens (tertiary/aromatic N) is 1. The molecule has 0 amide bonds. The van der Waals surface area contributed by atoms with Gasteiger partial charge < -0.3 is 15.6 Å². The molecule has 116 valence electrons. The van der Waals surface area contributed by atoms with Crippen molar-refractivity contribution in [3.8, 4) is 0 Å². The van der Waals surface area contributed by atoms with Gasteiger partial charge in [0, 0.05) is 36.7 Å². The Morgan fingerprint density at radius 3 is 2.91 bits per heavy atom. The normalized spacial score (nSPS) is 15.6. The van der Waals surface area contributed by atoms with Crippen molar-refractivity contribution in [1.29, 1.82) is 0 Å². The van der Waals surface area contributed by atoms with Crippen LogP contribution in [-0.2, 0) is 6.42 Å². The van der Waals surface area contributed by atoms with E-state index in [4.69, 9.17) is 0 Å². The number of rotatable bonds is 4. The third-order valence-corrected chi connectivity index (χ3v) is 4.27. The summed E-state index contributed by atoms with van der Waals surface area (Å²) in [6.45, 7) is 3.02. The Balaban J connectivity index is 1.56. The molecular formula is C18H24N4. The molecule has 4 nitrogen and oxygen atoms in total. The molecule has 1 heterocycles. The summed E-state index contributed by atoms with van der Waals surface area (Å²) in [5.41, 5.74) is 3.89. The molecule has 3 N–H and O–H groups in total. The zero-order valence-electron chi connectivity index (χ0n) is 13.3. The zero-order chi connectivity index (χ0) is 15.4. The Hall–Kier alpha value is -2.23. The fourth-order valence-corrected chi connectivity index (χ4v) is 3.01. The molecule has 22 heavy (non-hydrogen) atoms. The fraction of sp³-hybridized carbons (Fsp3) is 0.389. The molecule has 0 fully saturated rings. The van der Waals surface area contributed by atoms with Gasteiger partial charge in [0.1, 0.15) is 0 Å². The number of nitrogens with one attached hydrogen (secondary N) is 3. The standard InChI is InChI=1S/C18H24N4/c1-13-6-5-9-16-14(12-21-17(13)16)10-11-20-18(19-2)22-15-7-3-4-8-15/h3-6,9,12,15,21H,7-8,10-11H2,1-2H3,(H2,19,20,22). The average Bonchev–Trinajstić information content (AvgIpc) is 3.17. The van der Waals surface area contributed by atoms with Crippen molar-refractivity contribution in [2.45, 2.75) is 32.2 Å². The van der Waals surface area contributed by atoms with E-state index >= 15 is 0 Å². The number of aromatic nitrogens is 1. The van der Waals surface area contributed by atoms with Crippen molar-refractivity contribution in [3.63, 3.8) is 0 Å². The van der Waals surface area contributed by atoms with E-state index in [0.29, 0.717) is 6.04 Å². The average molecular weight is 296 g/mol. The van der Waals surface area contributed by atoms with Gasteiger partial charge in [-0.1, -0.05) is 30.4 Å². The molecule has 0 saturated heterocycles. The first-order valence-electron chi connectivity index (χ1n) is 7.95. The summed E-state index contributed by atoms with van der Waals surface area (Å²) in [5.74, 6) is 0.893. The van der Waals surface area contributed by atoms with E-state index in [9.17, 15) is 0 Å². The highest BCUT2D eigenvalue weighted by atomic mass is 15.2. The second-order valence-corrected chi connectivity index (χ2v) is 5.84. The summed E-state index contributed by atoms with van der Waals surface area (Å²) in [6.07, 6.45) is 9.72. The predicted molar refractivity (Wildman–Crippen MR) is 93.4 cm³/mol. The smallest absolute Gasteiger partial charge is 0.191 e. The minimum Gasteiger partial charge on any atom is -0.361 e. The number of benzene rings is 1. The van der Waals surface area contributed by atoms with Crippen LogP contribution in [0.3, 0.4) is 0 Å². The highest BCUT2D eigenvalue weighted by Crippen LogP contribution is 2.21. The van der Waals surface area contributed by atoms with Gasteiger partial charge in [-0.2, -0.15) is 0 Å². The van der Waals surface area contributed by atoms with Crippen LogP contribution in [0.1, 0.15) is 24.0 Å². The van der Waals surface area contributed by atoms with Crippen LogP contribution in [0.5, 0.6) is 0 Å². The molecular weight excluding hydrogens is 272 g/mol. The van der Waals surface area contributed by atoms with E-state index < -0.39 is 0 Å². The number of H-pyrrole nitrogens is 1. The van der Waals surface area contributed by atoms with Crippen molar-refractivity contribution >= 4 is 16.9 Å². The number of aryl methyl sites for hydroxylation is 1. The molecule has 2 aromatic rings. The first-order chi connectivity index (χ1) is 10.8. The lowest BCUT2D eigenvalue weighted by molar-refractivity contribution is 0.633. The number of hydrogen-bond donors (Lipinski definition) is 3. The van der Waals surface area contributed by atoms with Gasteiger partial charge in [-0.05, 0) is 37.3 Å². The Morgan fingerprint density at radius 2 is 2.14 bits per heavy atom. The molecule has 0 radical (unpaired) electrons. The van der Waals surface area contributed by atoms with Gasteiger partial charge in [-0.3, -0.25) is 4.99 Å². The van der Waals surface area contributed by atoms with Crippen LogP contribution in [0.2, 0.25) is 0 Å². The third-order valence-electron chi connectivity index (χ3n) is 4.27. The van der Waals surface area contributed by atoms with E-state index in [-0.39, 0.29) is 0 Å². The van der Waals surface area contributed by atoms with Crippen LogP contribution in [0.4, 0.5) is 0 Å². The third kappa shape index (κ3) is 3.16. The van der Waals surface area contributed by atoms with Crippen molar-refractivity contribution in [3.05, 3.63) is 47.7 Å². The van der Waals surface area contributed by atoms with E-state index in [1.54, 1.807) is 0 Å². The lowest BCUT2D eigenvalue weighted by Gasteiger charge is -2.16. The molecule has 0 spiro atoms. The minimum atomic E-state index is 0.488. The number of aliphatic imine (C=N–C) groups is 1. The topological polar surface area (TPSA) is 52.2 Å². The predicted octanol–water partition coefficient (Wildman–Crippen LogP) is 2.90. The first kappa shape index (κ1) is 14.7. The highest BCUT2D eigenvalue weighted by molar-refractivity contribution is 5.86. The molecule has 1 aromatic carbocycles. The minimum absolute atomic E-state index is 0.488. The SMILES string of the molecule is CN=C(NCCc1c[nH]c2c(C)cccc12)NC1CC=CC1. The quantitative estimate of drug-likeness (QED) is 0.461. The van der Waals surface area contributed by atoms with Crippen molar-refractivity contribution in [2.24, 2.45) is 4.99 Å². The van der Waals surface area contributed by atoms with Crippen molar-refractivity contribution in [2.75, 3.05) is 13.6 Å². The Morgan fingerprint density at radius 1 is 1.32 bits per heavy atom. The monoisotopic (exact) mass is 296 g/mol. The van der Waals surface area contributed by atoms with E-state index in [0.717, 1.165) is 31.8 Å². The summed E-state index contributed by atoms with van der Waals surface area (Å²) in [4.78, 5) is 7.69. The van der Waals surface area contributed by atoms with E-state index in [2.05, 4.69) is 64.1 Å². The summed E-state index contributed by atoms with van der Waals surface area (Å²) >= 11 is 0. The fourth-order valence-electron chi connectivity index (χ4n) is 3.01. The van der Waals surface area contributed by atoms with Crippen molar-refractivity contribution < 1.29 is 0 Å². The van der Waals surface area contributed by atoms with Crippen LogP contribution in [0.25, 0.3) is 10.9 Å². The summed E-state index contributed by atoms with van der Waals surface area (Å²) in [5, 5.41) is 8.20. The van der Waals surface area contributed by atoms with Crippen LogP contribution >= 0.6 is 0 Å². The van der Waals surface area contributed by atoms with Gasteiger partial charge >= 0.3 is 0 Å². The van der Waals surface area contributed by atoms with E-state index in [1.165, 1.54) is 22.0 Å². The molecule has 0 atom stereocenters. The molecule has 4 heteroatoms. The summed E-state index contributed by atoms with van der Waals surface area (Å²) < 4.78 is 0. The Kier molecular flexibility index (Phi) is 4.47. The molecule has 1 aliphatic rings. The lowest BCUT2D eigenvalue weighted by Crippen LogP contribution is -2.43. The van der Waals surface area contributed by atoms with Gasteiger partial charge in [0.05, 0.1) is 0 Å². The Labute approximate surface area is 131 Å². The van der Waals surface area contributed by atoms with E-state index in [1.807, 2.05) is 7.05 Å². The second kappa shape index (κ2) is 6.69. The Bertz CT molecular complexity index is 688. The number of hydrogen-bond acceptors (Lipinski definition) is 1. The zero-order valence-corrected chi connectivity index (χ0v) is 13.3. The number of fused-ring (bicyclic) bond motifs is 1. The summed E-state index contributed by atoms with van der Waals surface area (Å²) in [7, 11) is 1.83. The molecule has 0 saturated carbocycles. The molecule has 1 aromatic heterocycles. The number of guanidine groups is 1.